The Morgan fingerprint density at radius 3 is 1.21 bits per heavy atom. The Kier molecular flexibility index (Phi) is 35.5. The van der Waals surface area contributed by atoms with E-state index in [4.69, 9.17) is 9.47 Å². The third-order valence-electron chi connectivity index (χ3n) is 9.04. The Bertz CT molecular complexity index is 747. The molecule has 0 unspecified atom stereocenters. The molecule has 0 saturated heterocycles. The quantitative estimate of drug-likeness (QED) is 0.0377. The summed E-state index contributed by atoms with van der Waals surface area (Å²) in [6.07, 6.45) is 48.3. The minimum Gasteiger partial charge on any atom is -0.466 e. The van der Waals surface area contributed by atoms with Crippen LogP contribution in [0.1, 0.15) is 233 Å². The normalized spacial score (nSPS) is 12.0. The lowest BCUT2D eigenvalue weighted by Gasteiger charge is -2.19. The summed E-state index contributed by atoms with van der Waals surface area (Å²) in [4.78, 5) is 23.7. The standard InChI is InChI=1S/C44H82O4/c1-5-6-7-8-9-10-11-12-18-21-24-27-30-33-36-39-42(45)47-41-38-35-32-29-26-23-20-17-15-13-14-16-19-22-25-28-31-34-37-40-43(46)48-44(2,3)4/h9-10,12,18H,5-8,11,13-17,19-41H2,1-4H3/b10-9-,18-12-. The van der Waals surface area contributed by atoms with E-state index in [1.807, 2.05) is 20.8 Å². The Morgan fingerprint density at radius 2 is 0.792 bits per heavy atom. The second-order valence-corrected chi connectivity index (χ2v) is 15.3. The molecule has 0 heterocycles. The zero-order chi connectivity index (χ0) is 35.2. The molecule has 0 aliphatic rings. The van der Waals surface area contributed by atoms with Gasteiger partial charge in [0, 0.05) is 12.8 Å². The molecule has 282 valence electrons. The molecule has 48 heavy (non-hydrogen) atoms. The van der Waals surface area contributed by atoms with Crippen LogP contribution in [0.4, 0.5) is 0 Å². The van der Waals surface area contributed by atoms with Gasteiger partial charge in [-0.1, -0.05) is 172 Å². The van der Waals surface area contributed by atoms with Gasteiger partial charge in [0.2, 0.25) is 0 Å². The van der Waals surface area contributed by atoms with E-state index in [2.05, 4.69) is 31.2 Å². The van der Waals surface area contributed by atoms with E-state index in [1.54, 1.807) is 0 Å². The first-order chi connectivity index (χ1) is 23.3. The molecule has 0 aliphatic heterocycles. The summed E-state index contributed by atoms with van der Waals surface area (Å²) in [6.45, 7) is 8.65. The van der Waals surface area contributed by atoms with Gasteiger partial charge in [-0.15, -0.1) is 0 Å². The van der Waals surface area contributed by atoms with Crippen LogP contribution < -0.4 is 0 Å². The van der Waals surface area contributed by atoms with E-state index < -0.39 is 0 Å². The van der Waals surface area contributed by atoms with Gasteiger partial charge in [-0.05, 0) is 72.1 Å². The van der Waals surface area contributed by atoms with Crippen LogP contribution in [0.25, 0.3) is 0 Å². The maximum Gasteiger partial charge on any atom is 0.306 e. The van der Waals surface area contributed by atoms with Gasteiger partial charge in [-0.25, -0.2) is 0 Å². The van der Waals surface area contributed by atoms with Crippen LogP contribution in [0.2, 0.25) is 0 Å². The van der Waals surface area contributed by atoms with E-state index in [0.29, 0.717) is 19.4 Å². The molecule has 0 aromatic rings. The molecule has 4 nitrogen and oxygen atoms in total. The van der Waals surface area contributed by atoms with Crippen LogP contribution in [0.15, 0.2) is 24.3 Å². The molecule has 0 aliphatic carbocycles. The van der Waals surface area contributed by atoms with E-state index in [0.717, 1.165) is 38.5 Å². The predicted molar refractivity (Wildman–Crippen MR) is 209 cm³/mol. The SMILES string of the molecule is CCCCC/C=C\C/C=C\CCCCCCCC(=O)OCCCCCCCCCCCCCCCCCCCCCC(=O)OC(C)(C)C. The average molecular weight is 675 g/mol. The van der Waals surface area contributed by atoms with Crippen LogP contribution in [-0.2, 0) is 19.1 Å². The van der Waals surface area contributed by atoms with Gasteiger partial charge in [0.1, 0.15) is 5.60 Å². The maximum atomic E-state index is 12.0. The van der Waals surface area contributed by atoms with Crippen molar-refractivity contribution in [3.8, 4) is 0 Å². The molecule has 0 spiro atoms. The van der Waals surface area contributed by atoms with Gasteiger partial charge in [-0.2, -0.15) is 0 Å². The number of unbranched alkanes of at least 4 members (excludes halogenated alkanes) is 26. The number of hydrogen-bond donors (Lipinski definition) is 0. The van der Waals surface area contributed by atoms with E-state index in [1.165, 1.54) is 154 Å². The first-order valence-corrected chi connectivity index (χ1v) is 21.0. The summed E-state index contributed by atoms with van der Waals surface area (Å²) in [5, 5.41) is 0. The molecule has 0 saturated carbocycles. The largest absolute Gasteiger partial charge is 0.466 e. The summed E-state index contributed by atoms with van der Waals surface area (Å²) < 4.78 is 10.8. The summed E-state index contributed by atoms with van der Waals surface area (Å²) in [5.41, 5.74) is -0.359. The lowest BCUT2D eigenvalue weighted by Crippen LogP contribution is -2.23. The number of rotatable bonds is 36. The molecule has 0 fully saturated rings. The van der Waals surface area contributed by atoms with Crippen LogP contribution >= 0.6 is 0 Å². The van der Waals surface area contributed by atoms with E-state index in [-0.39, 0.29) is 17.5 Å². The molecular weight excluding hydrogens is 592 g/mol. The highest BCUT2D eigenvalue weighted by atomic mass is 16.6. The highest BCUT2D eigenvalue weighted by Gasteiger charge is 2.15. The van der Waals surface area contributed by atoms with Gasteiger partial charge < -0.3 is 9.47 Å². The van der Waals surface area contributed by atoms with E-state index >= 15 is 0 Å². The Labute approximate surface area is 300 Å². The van der Waals surface area contributed by atoms with Crippen molar-refractivity contribution in [3.63, 3.8) is 0 Å². The smallest absolute Gasteiger partial charge is 0.306 e. The third-order valence-corrected chi connectivity index (χ3v) is 9.04. The fraction of sp³-hybridized carbons (Fsp3) is 0.864. The maximum absolute atomic E-state index is 12.0. The number of carbonyl (C=O) groups excluding carboxylic acids is 2. The first kappa shape index (κ1) is 46.4. The number of allylic oxidation sites excluding steroid dienone is 4. The highest BCUT2D eigenvalue weighted by molar-refractivity contribution is 5.69. The van der Waals surface area contributed by atoms with Crippen molar-refractivity contribution in [1.82, 2.24) is 0 Å². The predicted octanol–water partition coefficient (Wildman–Crippen LogP) is 14.5. The zero-order valence-electron chi connectivity index (χ0n) is 32.8. The molecule has 4 heteroatoms. The second kappa shape index (κ2) is 36.7. The van der Waals surface area contributed by atoms with Gasteiger partial charge >= 0.3 is 11.9 Å². The van der Waals surface area contributed by atoms with Crippen molar-refractivity contribution in [3.05, 3.63) is 24.3 Å². The lowest BCUT2D eigenvalue weighted by molar-refractivity contribution is -0.155. The minimum absolute atomic E-state index is 0.000845. The second-order valence-electron chi connectivity index (χ2n) is 15.3. The molecule has 0 radical (unpaired) electrons. The van der Waals surface area contributed by atoms with Gasteiger partial charge in [0.05, 0.1) is 6.61 Å². The van der Waals surface area contributed by atoms with Gasteiger partial charge in [-0.3, -0.25) is 9.59 Å². The Hall–Kier alpha value is -1.58. The Balaban J connectivity index is 3.23. The zero-order valence-corrected chi connectivity index (χ0v) is 32.8. The summed E-state index contributed by atoms with van der Waals surface area (Å²) in [6, 6.07) is 0. The average Bonchev–Trinajstić information content (AvgIpc) is 3.04. The third kappa shape index (κ3) is 40.6. The van der Waals surface area contributed by atoms with Crippen LogP contribution in [0.3, 0.4) is 0 Å². The van der Waals surface area contributed by atoms with Crippen molar-refractivity contribution < 1.29 is 19.1 Å². The fourth-order valence-corrected chi connectivity index (χ4v) is 6.11. The van der Waals surface area contributed by atoms with Crippen molar-refractivity contribution >= 4 is 11.9 Å². The first-order valence-electron chi connectivity index (χ1n) is 21.0. The summed E-state index contributed by atoms with van der Waals surface area (Å²) in [7, 11) is 0. The molecular formula is C44H82O4. The van der Waals surface area contributed by atoms with Crippen molar-refractivity contribution in [2.24, 2.45) is 0 Å². The number of hydrogen-bond acceptors (Lipinski definition) is 4. The minimum atomic E-state index is -0.359. The molecule has 0 aromatic carbocycles. The molecule has 0 rings (SSSR count). The van der Waals surface area contributed by atoms with Gasteiger partial charge in [0.15, 0.2) is 0 Å². The van der Waals surface area contributed by atoms with E-state index in [9.17, 15) is 9.59 Å². The van der Waals surface area contributed by atoms with Crippen molar-refractivity contribution in [1.29, 1.82) is 0 Å². The lowest BCUT2D eigenvalue weighted by atomic mass is 10.0. The van der Waals surface area contributed by atoms with Crippen molar-refractivity contribution in [2.45, 2.75) is 239 Å². The van der Waals surface area contributed by atoms with Crippen LogP contribution in [0.5, 0.6) is 0 Å². The molecule has 0 amide bonds. The summed E-state index contributed by atoms with van der Waals surface area (Å²) in [5.74, 6) is -0.0515. The van der Waals surface area contributed by atoms with Gasteiger partial charge in [0.25, 0.3) is 0 Å². The van der Waals surface area contributed by atoms with Crippen LogP contribution in [-0.4, -0.2) is 24.1 Å². The molecule has 0 bridgehead atoms. The topological polar surface area (TPSA) is 52.6 Å². The fourth-order valence-electron chi connectivity index (χ4n) is 6.11. The van der Waals surface area contributed by atoms with Crippen LogP contribution in [0, 0.1) is 0 Å². The molecule has 0 N–H and O–H groups in total. The monoisotopic (exact) mass is 675 g/mol. The molecule has 0 aromatic heterocycles. The number of ether oxygens (including phenoxy) is 2. The number of esters is 2. The highest BCUT2D eigenvalue weighted by Crippen LogP contribution is 2.16. The summed E-state index contributed by atoms with van der Waals surface area (Å²) >= 11 is 0. The number of carbonyl (C=O) groups is 2. The molecule has 0 atom stereocenters. The Morgan fingerprint density at radius 1 is 0.438 bits per heavy atom. The van der Waals surface area contributed by atoms with Crippen molar-refractivity contribution in [2.75, 3.05) is 6.61 Å².